The van der Waals surface area contributed by atoms with Crippen LogP contribution in [0.3, 0.4) is 0 Å². The number of rotatable bonds is 5. The van der Waals surface area contributed by atoms with Gasteiger partial charge in [0.05, 0.1) is 17.7 Å². The molecule has 7 nitrogen and oxygen atoms in total. The number of ether oxygens (including phenoxy) is 1. The van der Waals surface area contributed by atoms with Crippen LogP contribution in [0.4, 0.5) is 5.82 Å². The maximum Gasteiger partial charge on any atom is 0.301 e. The van der Waals surface area contributed by atoms with Crippen LogP contribution in [0.5, 0.6) is 5.75 Å². The number of Topliss-reactive ketones (excluding diaryl/α,β-unsaturated/α-hetero) is 1. The summed E-state index contributed by atoms with van der Waals surface area (Å²) in [6.07, 6.45) is 0.00286. The third-order valence-corrected chi connectivity index (χ3v) is 5.52. The zero-order valence-corrected chi connectivity index (χ0v) is 19.3. The number of ketones is 1. The van der Waals surface area contributed by atoms with Gasteiger partial charge in [0.1, 0.15) is 17.3 Å². The molecule has 0 spiro atoms. The third kappa shape index (κ3) is 4.05. The summed E-state index contributed by atoms with van der Waals surface area (Å²) in [6.45, 7) is 5.53. The number of aryl methyl sites for hydroxylation is 1. The zero-order chi connectivity index (χ0) is 23.0. The van der Waals surface area contributed by atoms with Gasteiger partial charge in [-0.05, 0) is 62.7 Å². The van der Waals surface area contributed by atoms with Crippen molar-refractivity contribution in [2.45, 2.75) is 32.9 Å². The van der Waals surface area contributed by atoms with Crippen molar-refractivity contribution in [1.29, 1.82) is 0 Å². The van der Waals surface area contributed by atoms with Crippen molar-refractivity contribution in [3.05, 3.63) is 81.5 Å². The summed E-state index contributed by atoms with van der Waals surface area (Å²) in [5.41, 5.74) is 1.03. The van der Waals surface area contributed by atoms with Crippen LogP contribution in [-0.4, -0.2) is 28.1 Å². The van der Waals surface area contributed by atoms with Gasteiger partial charge in [-0.25, -0.2) is 0 Å². The number of benzene rings is 2. The maximum absolute atomic E-state index is 13.1. The van der Waals surface area contributed by atoms with Crippen LogP contribution in [0.15, 0.2) is 69.2 Å². The zero-order valence-electron chi connectivity index (χ0n) is 17.7. The Bertz CT molecular complexity index is 1200. The van der Waals surface area contributed by atoms with Gasteiger partial charge in [-0.2, -0.15) is 0 Å². The van der Waals surface area contributed by atoms with Gasteiger partial charge in [-0.15, -0.1) is 0 Å². The number of aromatic nitrogens is 1. The lowest BCUT2D eigenvalue weighted by Crippen LogP contribution is -2.29. The van der Waals surface area contributed by atoms with E-state index in [4.69, 9.17) is 9.26 Å². The number of amides is 1. The molecular formula is C24H21BrN2O5. The molecule has 164 valence electrons. The molecule has 0 unspecified atom stereocenters. The quantitative estimate of drug-likeness (QED) is 0.298. The predicted octanol–water partition coefficient (Wildman–Crippen LogP) is 5.16. The lowest BCUT2D eigenvalue weighted by Gasteiger charge is -2.23. The highest BCUT2D eigenvalue weighted by Gasteiger charge is 2.48. The summed E-state index contributed by atoms with van der Waals surface area (Å²) < 4.78 is 11.6. The van der Waals surface area contributed by atoms with E-state index in [1.54, 1.807) is 49.4 Å². The molecule has 1 N–H and O–H groups in total. The SMILES string of the molecule is Cc1cc(N2C(=O)C(=O)/C(=C(/O)c3ccc(OC(C)C)cc3)[C@@H]2c2ccc(Br)cc2)no1. The van der Waals surface area contributed by atoms with Gasteiger partial charge in [-0.3, -0.25) is 14.5 Å². The first-order chi connectivity index (χ1) is 15.3. The minimum absolute atomic E-state index is 0.00286. The van der Waals surface area contributed by atoms with Gasteiger partial charge in [0.15, 0.2) is 5.82 Å². The normalized spacial score (nSPS) is 17.9. The van der Waals surface area contributed by atoms with Crippen LogP contribution in [0.2, 0.25) is 0 Å². The van der Waals surface area contributed by atoms with Gasteiger partial charge >= 0.3 is 5.91 Å². The number of aliphatic hydroxyl groups excluding tert-OH is 1. The van der Waals surface area contributed by atoms with E-state index in [9.17, 15) is 14.7 Å². The van der Waals surface area contributed by atoms with E-state index >= 15 is 0 Å². The van der Waals surface area contributed by atoms with Crippen molar-refractivity contribution in [3.63, 3.8) is 0 Å². The second-order valence-corrected chi connectivity index (χ2v) is 8.62. The molecule has 1 saturated heterocycles. The first kappa shape index (κ1) is 21.8. The summed E-state index contributed by atoms with van der Waals surface area (Å²) in [7, 11) is 0. The highest BCUT2D eigenvalue weighted by molar-refractivity contribution is 9.10. The molecule has 0 bridgehead atoms. The van der Waals surface area contributed by atoms with E-state index < -0.39 is 17.7 Å². The molecule has 2 heterocycles. The number of hydrogen-bond acceptors (Lipinski definition) is 6. The lowest BCUT2D eigenvalue weighted by atomic mass is 9.95. The Balaban J connectivity index is 1.85. The second-order valence-electron chi connectivity index (χ2n) is 7.71. The Morgan fingerprint density at radius 1 is 1.12 bits per heavy atom. The molecule has 3 aromatic rings. The number of aliphatic hydroxyl groups is 1. The molecule has 1 aliphatic rings. The van der Waals surface area contributed by atoms with Gasteiger partial charge in [-0.1, -0.05) is 33.2 Å². The molecule has 2 aromatic carbocycles. The average molecular weight is 497 g/mol. The highest BCUT2D eigenvalue weighted by Crippen LogP contribution is 2.42. The van der Waals surface area contributed by atoms with Crippen molar-refractivity contribution < 1.29 is 24.0 Å². The Kier molecular flexibility index (Phi) is 5.88. The fraction of sp³-hybridized carbons (Fsp3) is 0.208. The van der Waals surface area contributed by atoms with Crippen LogP contribution >= 0.6 is 15.9 Å². The van der Waals surface area contributed by atoms with Gasteiger partial charge in [0.2, 0.25) is 0 Å². The monoisotopic (exact) mass is 496 g/mol. The molecule has 8 heteroatoms. The maximum atomic E-state index is 13.1. The molecular weight excluding hydrogens is 476 g/mol. The van der Waals surface area contributed by atoms with Crippen molar-refractivity contribution in [3.8, 4) is 5.75 Å². The minimum Gasteiger partial charge on any atom is -0.507 e. The van der Waals surface area contributed by atoms with E-state index in [1.807, 2.05) is 26.0 Å². The molecule has 1 amide bonds. The fourth-order valence-electron chi connectivity index (χ4n) is 3.62. The van der Waals surface area contributed by atoms with E-state index in [2.05, 4.69) is 21.1 Å². The number of carbonyl (C=O) groups excluding carboxylic acids is 2. The highest BCUT2D eigenvalue weighted by atomic mass is 79.9. The molecule has 0 aliphatic carbocycles. The van der Waals surface area contributed by atoms with Crippen LogP contribution in [0.1, 0.15) is 36.8 Å². The number of nitrogens with zero attached hydrogens (tertiary/aromatic N) is 2. The minimum atomic E-state index is -0.862. The summed E-state index contributed by atoms with van der Waals surface area (Å²) in [6, 6.07) is 14.6. The summed E-state index contributed by atoms with van der Waals surface area (Å²) in [5.74, 6) is -0.504. The Labute approximate surface area is 193 Å². The predicted molar refractivity (Wildman–Crippen MR) is 122 cm³/mol. The van der Waals surface area contributed by atoms with Gasteiger partial charge < -0.3 is 14.4 Å². The van der Waals surface area contributed by atoms with E-state index in [0.717, 1.165) is 4.47 Å². The van der Waals surface area contributed by atoms with E-state index in [0.29, 0.717) is 22.6 Å². The first-order valence-corrected chi connectivity index (χ1v) is 10.8. The van der Waals surface area contributed by atoms with Crippen LogP contribution in [-0.2, 0) is 9.59 Å². The molecule has 1 fully saturated rings. The molecule has 0 saturated carbocycles. The van der Waals surface area contributed by atoms with Crippen molar-refractivity contribution >= 4 is 39.2 Å². The van der Waals surface area contributed by atoms with E-state index in [1.165, 1.54) is 4.90 Å². The molecule has 32 heavy (non-hydrogen) atoms. The van der Waals surface area contributed by atoms with Gasteiger partial charge in [0, 0.05) is 16.1 Å². The number of carbonyl (C=O) groups is 2. The van der Waals surface area contributed by atoms with Crippen LogP contribution < -0.4 is 9.64 Å². The number of anilines is 1. The molecule has 1 atom stereocenters. The molecule has 0 radical (unpaired) electrons. The Morgan fingerprint density at radius 3 is 2.34 bits per heavy atom. The molecule has 1 aromatic heterocycles. The van der Waals surface area contributed by atoms with Crippen LogP contribution in [0, 0.1) is 6.92 Å². The fourth-order valence-corrected chi connectivity index (χ4v) is 3.88. The largest absolute Gasteiger partial charge is 0.507 e. The van der Waals surface area contributed by atoms with Crippen molar-refractivity contribution in [1.82, 2.24) is 5.16 Å². The second kappa shape index (κ2) is 8.63. The Morgan fingerprint density at radius 2 is 1.78 bits per heavy atom. The van der Waals surface area contributed by atoms with Crippen molar-refractivity contribution in [2.24, 2.45) is 0 Å². The standard InChI is InChI=1S/C24H21BrN2O5/c1-13(2)31-18-10-6-16(7-11-18)22(28)20-21(15-4-8-17(25)9-5-15)27(24(30)23(20)29)19-12-14(3)32-26-19/h4-13,21,28H,1-3H3/b22-20+/t21-/m0/s1. The summed E-state index contributed by atoms with van der Waals surface area (Å²) >= 11 is 3.40. The first-order valence-electron chi connectivity index (χ1n) is 10.0. The number of halogens is 1. The Hall–Kier alpha value is -3.39. The molecule has 4 rings (SSSR count). The van der Waals surface area contributed by atoms with Gasteiger partial charge in [0.25, 0.3) is 5.78 Å². The van der Waals surface area contributed by atoms with E-state index in [-0.39, 0.29) is 23.3 Å². The van der Waals surface area contributed by atoms with Crippen LogP contribution in [0.25, 0.3) is 5.76 Å². The molecule has 1 aliphatic heterocycles. The lowest BCUT2D eigenvalue weighted by molar-refractivity contribution is -0.132. The smallest absolute Gasteiger partial charge is 0.301 e. The summed E-state index contributed by atoms with van der Waals surface area (Å²) in [4.78, 5) is 27.3. The average Bonchev–Trinajstić information content (AvgIpc) is 3.29. The third-order valence-electron chi connectivity index (χ3n) is 4.99. The van der Waals surface area contributed by atoms with Crippen molar-refractivity contribution in [2.75, 3.05) is 4.90 Å². The topological polar surface area (TPSA) is 92.9 Å². The summed E-state index contributed by atoms with van der Waals surface area (Å²) in [5, 5.41) is 15.1. The number of hydrogen-bond donors (Lipinski definition) is 1.